The highest BCUT2D eigenvalue weighted by Crippen LogP contribution is 2.48. The standard InChI is InChI=1S/C25H20N4O2S2/c1-31-20-11-5-2-8-17(20)14-15-23(30)26-25-28-27-24(33-25)16-29-18-9-3-6-12-21(18)32-22-13-7-4-10-19(22)29/h2-15H,16H2,1H3,(H,26,28,30)/b15-14+. The summed E-state index contributed by atoms with van der Waals surface area (Å²) in [6, 6.07) is 24.2. The van der Waals surface area contributed by atoms with Crippen molar-refractivity contribution in [3.63, 3.8) is 0 Å². The summed E-state index contributed by atoms with van der Waals surface area (Å²) in [5.41, 5.74) is 3.11. The van der Waals surface area contributed by atoms with Gasteiger partial charge in [-0.05, 0) is 36.4 Å². The molecule has 6 nitrogen and oxygen atoms in total. The summed E-state index contributed by atoms with van der Waals surface area (Å²) in [4.78, 5) is 17.1. The zero-order chi connectivity index (χ0) is 22.6. The van der Waals surface area contributed by atoms with Gasteiger partial charge in [0.25, 0.3) is 0 Å². The van der Waals surface area contributed by atoms with Crippen LogP contribution < -0.4 is 15.0 Å². The molecule has 0 fully saturated rings. The van der Waals surface area contributed by atoms with Gasteiger partial charge in [-0.1, -0.05) is 65.6 Å². The van der Waals surface area contributed by atoms with Crippen LogP contribution in [0, 0.1) is 0 Å². The van der Waals surface area contributed by atoms with Gasteiger partial charge in [0, 0.05) is 21.4 Å². The molecule has 164 valence electrons. The van der Waals surface area contributed by atoms with Gasteiger partial charge in [0.1, 0.15) is 10.8 Å². The van der Waals surface area contributed by atoms with Gasteiger partial charge in [-0.15, -0.1) is 10.2 Å². The zero-order valence-electron chi connectivity index (χ0n) is 17.8. The molecule has 33 heavy (non-hydrogen) atoms. The van der Waals surface area contributed by atoms with E-state index in [1.807, 2.05) is 36.4 Å². The normalized spacial score (nSPS) is 12.3. The maximum absolute atomic E-state index is 12.4. The van der Waals surface area contributed by atoms with Crippen LogP contribution in [0.2, 0.25) is 0 Å². The topological polar surface area (TPSA) is 67.3 Å². The fourth-order valence-corrected chi connectivity index (χ4v) is 5.40. The molecule has 0 radical (unpaired) electrons. The van der Waals surface area contributed by atoms with E-state index in [0.29, 0.717) is 17.4 Å². The van der Waals surface area contributed by atoms with Crippen molar-refractivity contribution in [1.29, 1.82) is 0 Å². The third-order valence-corrected chi connectivity index (χ3v) is 7.03. The van der Waals surface area contributed by atoms with Crippen LogP contribution in [-0.4, -0.2) is 23.2 Å². The molecule has 4 aromatic rings. The van der Waals surface area contributed by atoms with Crippen molar-refractivity contribution in [2.24, 2.45) is 0 Å². The first-order valence-electron chi connectivity index (χ1n) is 10.3. The summed E-state index contributed by atoms with van der Waals surface area (Å²) in [5, 5.41) is 12.6. The molecule has 1 amide bonds. The van der Waals surface area contributed by atoms with Gasteiger partial charge in [0.15, 0.2) is 0 Å². The van der Waals surface area contributed by atoms with Crippen molar-refractivity contribution in [3.05, 3.63) is 89.4 Å². The molecule has 1 aromatic heterocycles. The van der Waals surface area contributed by atoms with E-state index in [1.54, 1.807) is 24.9 Å². The molecule has 0 atom stereocenters. The molecule has 0 spiro atoms. The predicted octanol–water partition coefficient (Wildman–Crippen LogP) is 6.00. The van der Waals surface area contributed by atoms with Gasteiger partial charge in [-0.25, -0.2) is 0 Å². The molecule has 1 aliphatic heterocycles. The fraction of sp³-hybridized carbons (Fsp3) is 0.0800. The number of hydrogen-bond donors (Lipinski definition) is 1. The highest BCUT2D eigenvalue weighted by molar-refractivity contribution is 7.99. The fourth-order valence-electron chi connectivity index (χ4n) is 3.57. The van der Waals surface area contributed by atoms with Crippen molar-refractivity contribution < 1.29 is 9.53 Å². The van der Waals surface area contributed by atoms with Crippen molar-refractivity contribution in [3.8, 4) is 5.75 Å². The number of nitrogens with one attached hydrogen (secondary N) is 1. The summed E-state index contributed by atoms with van der Waals surface area (Å²) in [6.45, 7) is 0.569. The van der Waals surface area contributed by atoms with E-state index in [1.165, 1.54) is 27.2 Å². The number of amides is 1. The third kappa shape index (κ3) is 4.62. The first-order valence-corrected chi connectivity index (χ1v) is 11.9. The Morgan fingerprint density at radius 2 is 1.64 bits per heavy atom. The minimum atomic E-state index is -0.270. The second-order valence-electron chi connectivity index (χ2n) is 7.19. The Morgan fingerprint density at radius 3 is 2.36 bits per heavy atom. The maximum Gasteiger partial charge on any atom is 0.250 e. The number of para-hydroxylation sites is 3. The van der Waals surface area contributed by atoms with E-state index in [4.69, 9.17) is 4.74 Å². The summed E-state index contributed by atoms with van der Waals surface area (Å²) >= 11 is 3.14. The number of fused-ring (bicyclic) bond motifs is 2. The minimum absolute atomic E-state index is 0.270. The molecule has 5 rings (SSSR count). The number of carbonyl (C=O) groups excluding carboxylic acids is 1. The lowest BCUT2D eigenvalue weighted by atomic mass is 10.2. The summed E-state index contributed by atoms with van der Waals surface area (Å²) in [6.07, 6.45) is 3.18. The van der Waals surface area contributed by atoms with Crippen LogP contribution in [0.3, 0.4) is 0 Å². The lowest BCUT2D eigenvalue weighted by molar-refractivity contribution is -0.111. The second kappa shape index (κ2) is 9.48. The molecule has 0 bridgehead atoms. The molecule has 0 aliphatic carbocycles. The van der Waals surface area contributed by atoms with Gasteiger partial charge >= 0.3 is 0 Å². The van der Waals surface area contributed by atoms with Crippen LogP contribution >= 0.6 is 23.1 Å². The molecular formula is C25H20N4O2S2. The Hall–Kier alpha value is -3.62. The molecule has 0 unspecified atom stereocenters. The van der Waals surface area contributed by atoms with E-state index in [2.05, 4.69) is 56.8 Å². The van der Waals surface area contributed by atoms with Crippen LogP contribution in [0.5, 0.6) is 5.75 Å². The molecule has 1 N–H and O–H groups in total. The highest BCUT2D eigenvalue weighted by Gasteiger charge is 2.24. The van der Waals surface area contributed by atoms with Gasteiger partial charge in [0.2, 0.25) is 11.0 Å². The Labute approximate surface area is 199 Å². The quantitative estimate of drug-likeness (QED) is 0.347. The minimum Gasteiger partial charge on any atom is -0.496 e. The van der Waals surface area contributed by atoms with Crippen LogP contribution in [0.25, 0.3) is 6.08 Å². The predicted molar refractivity (Wildman–Crippen MR) is 133 cm³/mol. The Bertz CT molecular complexity index is 1290. The number of anilines is 3. The SMILES string of the molecule is COc1ccccc1/C=C/C(=O)Nc1nnc(CN2c3ccccc3Sc3ccccc32)s1. The third-order valence-electron chi connectivity index (χ3n) is 5.08. The lowest BCUT2D eigenvalue weighted by Crippen LogP contribution is -2.20. The maximum atomic E-state index is 12.4. The van der Waals surface area contributed by atoms with Crippen molar-refractivity contribution in [1.82, 2.24) is 10.2 Å². The Balaban J connectivity index is 1.31. The number of hydrogen-bond acceptors (Lipinski definition) is 7. The Kier molecular flexibility index (Phi) is 6.10. The average Bonchev–Trinajstić information content (AvgIpc) is 3.29. The number of aromatic nitrogens is 2. The molecule has 1 aliphatic rings. The average molecular weight is 473 g/mol. The van der Waals surface area contributed by atoms with E-state index in [0.717, 1.165) is 21.9 Å². The molecule has 0 saturated heterocycles. The van der Waals surface area contributed by atoms with Crippen LogP contribution in [0.4, 0.5) is 16.5 Å². The largest absolute Gasteiger partial charge is 0.496 e. The smallest absolute Gasteiger partial charge is 0.250 e. The van der Waals surface area contributed by atoms with Crippen LogP contribution in [0.1, 0.15) is 10.6 Å². The van der Waals surface area contributed by atoms with E-state index < -0.39 is 0 Å². The lowest BCUT2D eigenvalue weighted by Gasteiger charge is -2.31. The van der Waals surface area contributed by atoms with E-state index in [-0.39, 0.29) is 5.91 Å². The molecule has 8 heteroatoms. The van der Waals surface area contributed by atoms with Crippen molar-refractivity contribution in [2.75, 3.05) is 17.3 Å². The summed E-state index contributed by atoms with van der Waals surface area (Å²) < 4.78 is 5.31. The Morgan fingerprint density at radius 1 is 0.970 bits per heavy atom. The number of benzene rings is 3. The van der Waals surface area contributed by atoms with Crippen molar-refractivity contribution >= 4 is 51.6 Å². The van der Waals surface area contributed by atoms with Gasteiger partial charge in [-0.3, -0.25) is 10.1 Å². The van der Waals surface area contributed by atoms with Gasteiger partial charge < -0.3 is 9.64 Å². The molecular weight excluding hydrogens is 452 g/mol. The summed E-state index contributed by atoms with van der Waals surface area (Å²) in [5.74, 6) is 0.439. The molecule has 0 saturated carbocycles. The monoisotopic (exact) mass is 472 g/mol. The second-order valence-corrected chi connectivity index (χ2v) is 9.33. The summed E-state index contributed by atoms with van der Waals surface area (Å²) in [7, 11) is 1.60. The highest BCUT2D eigenvalue weighted by atomic mass is 32.2. The van der Waals surface area contributed by atoms with E-state index >= 15 is 0 Å². The van der Waals surface area contributed by atoms with E-state index in [9.17, 15) is 4.79 Å². The van der Waals surface area contributed by atoms with Gasteiger partial charge in [0.05, 0.1) is 25.0 Å². The van der Waals surface area contributed by atoms with Crippen molar-refractivity contribution in [2.45, 2.75) is 16.3 Å². The number of nitrogens with zero attached hydrogens (tertiary/aromatic N) is 3. The van der Waals surface area contributed by atoms with Crippen LogP contribution in [0.15, 0.2) is 88.7 Å². The molecule has 2 heterocycles. The number of rotatable bonds is 6. The number of ether oxygens (including phenoxy) is 1. The zero-order valence-corrected chi connectivity index (χ0v) is 19.4. The first-order chi connectivity index (χ1) is 16.2. The van der Waals surface area contributed by atoms with Gasteiger partial charge in [-0.2, -0.15) is 0 Å². The molecule has 3 aromatic carbocycles. The number of methoxy groups -OCH3 is 1. The number of carbonyl (C=O) groups is 1. The first kappa shape index (κ1) is 21.2. The van der Waals surface area contributed by atoms with Crippen LogP contribution in [-0.2, 0) is 11.3 Å².